The number of ether oxygens (including phenoxy) is 1. The zero-order valence-corrected chi connectivity index (χ0v) is 9.04. The van der Waals surface area contributed by atoms with Crippen LogP contribution in [0.4, 0.5) is 0 Å². The maximum absolute atomic E-state index is 8.61. The topological polar surface area (TPSA) is 29.5 Å². The molecule has 1 aromatic carbocycles. The molecular weight excluding hydrogens is 208 g/mol. The number of hydrogen-bond donors (Lipinski definition) is 1. The number of rotatable bonds is 4. The summed E-state index contributed by atoms with van der Waals surface area (Å²) in [4.78, 5) is 1.25. The maximum atomic E-state index is 8.61. The second-order valence-corrected chi connectivity index (χ2v) is 4.02. The molecule has 0 aliphatic rings. The number of thiophene rings is 1. The first kappa shape index (κ1) is 10.2. The number of aliphatic hydroxyl groups excluding tert-OH is 1. The molecule has 0 saturated heterocycles. The molecule has 0 radical (unpaired) electrons. The highest BCUT2D eigenvalue weighted by Gasteiger charge is 1.98. The third-order valence-electron chi connectivity index (χ3n) is 2.02. The van der Waals surface area contributed by atoms with Gasteiger partial charge >= 0.3 is 0 Å². The lowest BCUT2D eigenvalue weighted by Gasteiger charge is -2.04. The van der Waals surface area contributed by atoms with Gasteiger partial charge in [0.15, 0.2) is 0 Å². The average Bonchev–Trinajstić information content (AvgIpc) is 2.80. The van der Waals surface area contributed by atoms with E-state index in [1.165, 1.54) is 10.4 Å². The summed E-state index contributed by atoms with van der Waals surface area (Å²) in [7, 11) is 0. The van der Waals surface area contributed by atoms with Crippen LogP contribution in [0.3, 0.4) is 0 Å². The summed E-state index contributed by atoms with van der Waals surface area (Å²) in [6.07, 6.45) is 0. The summed E-state index contributed by atoms with van der Waals surface area (Å²) in [5, 5.41) is 10.7. The predicted octanol–water partition coefficient (Wildman–Crippen LogP) is 2.79. The van der Waals surface area contributed by atoms with Gasteiger partial charge in [0, 0.05) is 4.88 Å². The minimum absolute atomic E-state index is 0.0483. The van der Waals surface area contributed by atoms with Crippen molar-refractivity contribution in [2.75, 3.05) is 13.2 Å². The fourth-order valence-corrected chi connectivity index (χ4v) is 2.05. The van der Waals surface area contributed by atoms with Crippen LogP contribution in [0.1, 0.15) is 0 Å². The quantitative estimate of drug-likeness (QED) is 0.858. The minimum atomic E-state index is 0.0483. The first-order chi connectivity index (χ1) is 7.40. The molecule has 2 rings (SSSR count). The molecule has 0 saturated carbocycles. The van der Waals surface area contributed by atoms with E-state index >= 15 is 0 Å². The fourth-order valence-electron chi connectivity index (χ4n) is 1.32. The molecule has 0 unspecified atom stereocenters. The first-order valence-electron chi connectivity index (χ1n) is 4.78. The van der Waals surface area contributed by atoms with Gasteiger partial charge < -0.3 is 9.84 Å². The highest BCUT2D eigenvalue weighted by atomic mass is 32.1. The first-order valence-corrected chi connectivity index (χ1v) is 5.66. The Hall–Kier alpha value is -1.32. The second-order valence-electron chi connectivity index (χ2n) is 3.07. The van der Waals surface area contributed by atoms with E-state index in [0.717, 1.165) is 5.75 Å². The Morgan fingerprint density at radius 3 is 2.53 bits per heavy atom. The number of benzene rings is 1. The van der Waals surface area contributed by atoms with Crippen molar-refractivity contribution in [3.63, 3.8) is 0 Å². The monoisotopic (exact) mass is 220 g/mol. The van der Waals surface area contributed by atoms with E-state index in [1.54, 1.807) is 11.3 Å². The normalized spacial score (nSPS) is 10.2. The standard InChI is InChI=1S/C12H12O2S/c13-7-8-14-11-5-3-10(4-6-11)12-2-1-9-15-12/h1-6,9,13H,7-8H2. The molecule has 2 nitrogen and oxygen atoms in total. The molecule has 0 fully saturated rings. The van der Waals surface area contributed by atoms with Crippen LogP contribution in [0.15, 0.2) is 41.8 Å². The maximum Gasteiger partial charge on any atom is 0.119 e. The van der Waals surface area contributed by atoms with E-state index in [-0.39, 0.29) is 6.61 Å². The fraction of sp³-hybridized carbons (Fsp3) is 0.167. The van der Waals surface area contributed by atoms with Gasteiger partial charge in [-0.05, 0) is 41.3 Å². The molecule has 0 amide bonds. The van der Waals surface area contributed by atoms with Crippen molar-refractivity contribution in [1.82, 2.24) is 0 Å². The minimum Gasteiger partial charge on any atom is -0.491 e. The Kier molecular flexibility index (Phi) is 3.37. The van der Waals surface area contributed by atoms with Gasteiger partial charge in [-0.1, -0.05) is 6.07 Å². The van der Waals surface area contributed by atoms with Gasteiger partial charge in [-0.25, -0.2) is 0 Å². The highest BCUT2D eigenvalue weighted by molar-refractivity contribution is 7.13. The molecule has 15 heavy (non-hydrogen) atoms. The lowest BCUT2D eigenvalue weighted by molar-refractivity contribution is 0.201. The van der Waals surface area contributed by atoms with Gasteiger partial charge in [0.25, 0.3) is 0 Å². The van der Waals surface area contributed by atoms with Gasteiger partial charge in [-0.15, -0.1) is 11.3 Å². The molecule has 2 aromatic rings. The molecule has 0 aliphatic heterocycles. The van der Waals surface area contributed by atoms with Crippen LogP contribution in [0.5, 0.6) is 5.75 Å². The Bertz CT molecular complexity index is 392. The molecule has 0 bridgehead atoms. The third-order valence-corrected chi connectivity index (χ3v) is 2.94. The van der Waals surface area contributed by atoms with E-state index in [9.17, 15) is 0 Å². The molecule has 0 aliphatic carbocycles. The van der Waals surface area contributed by atoms with Crippen molar-refractivity contribution in [2.45, 2.75) is 0 Å². The van der Waals surface area contributed by atoms with Crippen LogP contribution < -0.4 is 4.74 Å². The van der Waals surface area contributed by atoms with Crippen molar-refractivity contribution in [3.8, 4) is 16.2 Å². The Morgan fingerprint density at radius 2 is 1.93 bits per heavy atom. The van der Waals surface area contributed by atoms with Gasteiger partial charge in [-0.2, -0.15) is 0 Å². The average molecular weight is 220 g/mol. The Morgan fingerprint density at radius 1 is 1.13 bits per heavy atom. The molecule has 1 aromatic heterocycles. The summed E-state index contributed by atoms with van der Waals surface area (Å²) in [6.45, 7) is 0.394. The van der Waals surface area contributed by atoms with Gasteiger partial charge in [0.1, 0.15) is 12.4 Å². The number of aliphatic hydroxyl groups is 1. The van der Waals surface area contributed by atoms with E-state index in [4.69, 9.17) is 9.84 Å². The largest absolute Gasteiger partial charge is 0.491 e. The van der Waals surface area contributed by atoms with Crippen LogP contribution >= 0.6 is 11.3 Å². The van der Waals surface area contributed by atoms with E-state index in [0.29, 0.717) is 6.61 Å². The SMILES string of the molecule is OCCOc1ccc(-c2cccs2)cc1. The summed E-state index contributed by atoms with van der Waals surface area (Å²) < 4.78 is 5.28. The Balaban J connectivity index is 2.11. The van der Waals surface area contributed by atoms with Crippen molar-refractivity contribution < 1.29 is 9.84 Å². The van der Waals surface area contributed by atoms with Gasteiger partial charge in [0.05, 0.1) is 6.61 Å². The summed E-state index contributed by atoms with van der Waals surface area (Å²) in [5.41, 5.74) is 1.20. The van der Waals surface area contributed by atoms with Crippen LogP contribution in [0.25, 0.3) is 10.4 Å². The lowest BCUT2D eigenvalue weighted by atomic mass is 10.2. The van der Waals surface area contributed by atoms with E-state index in [2.05, 4.69) is 11.4 Å². The molecule has 3 heteroatoms. The van der Waals surface area contributed by atoms with Crippen LogP contribution in [-0.2, 0) is 0 Å². The van der Waals surface area contributed by atoms with Crippen molar-refractivity contribution in [3.05, 3.63) is 41.8 Å². The Labute approximate surface area is 92.8 Å². The van der Waals surface area contributed by atoms with Gasteiger partial charge in [0.2, 0.25) is 0 Å². The number of hydrogen-bond acceptors (Lipinski definition) is 3. The highest BCUT2D eigenvalue weighted by Crippen LogP contribution is 2.26. The molecule has 0 atom stereocenters. The summed E-state index contributed by atoms with van der Waals surface area (Å²) in [5.74, 6) is 0.796. The van der Waals surface area contributed by atoms with Crippen LogP contribution in [0, 0.1) is 0 Å². The van der Waals surface area contributed by atoms with Crippen molar-refractivity contribution >= 4 is 11.3 Å². The predicted molar refractivity (Wildman–Crippen MR) is 62.3 cm³/mol. The lowest BCUT2D eigenvalue weighted by Crippen LogP contribution is -2.01. The zero-order chi connectivity index (χ0) is 10.5. The molecule has 1 N–H and O–H groups in total. The van der Waals surface area contributed by atoms with E-state index < -0.39 is 0 Å². The van der Waals surface area contributed by atoms with Crippen LogP contribution in [-0.4, -0.2) is 18.3 Å². The molecule has 0 spiro atoms. The molecule has 78 valence electrons. The summed E-state index contributed by atoms with van der Waals surface area (Å²) in [6, 6.07) is 12.0. The molecular formula is C12H12O2S. The van der Waals surface area contributed by atoms with E-state index in [1.807, 2.05) is 30.3 Å². The molecule has 1 heterocycles. The zero-order valence-electron chi connectivity index (χ0n) is 8.22. The summed E-state index contributed by atoms with van der Waals surface area (Å²) >= 11 is 1.72. The third kappa shape index (κ3) is 2.58. The van der Waals surface area contributed by atoms with Gasteiger partial charge in [-0.3, -0.25) is 0 Å². The van der Waals surface area contributed by atoms with Crippen molar-refractivity contribution in [1.29, 1.82) is 0 Å². The second kappa shape index (κ2) is 4.96. The van der Waals surface area contributed by atoms with Crippen molar-refractivity contribution in [2.24, 2.45) is 0 Å². The van der Waals surface area contributed by atoms with Crippen LogP contribution in [0.2, 0.25) is 0 Å². The smallest absolute Gasteiger partial charge is 0.119 e.